The summed E-state index contributed by atoms with van der Waals surface area (Å²) in [5, 5.41) is 10.0. The lowest BCUT2D eigenvalue weighted by Crippen LogP contribution is -2.35. The molecule has 1 unspecified atom stereocenters. The van der Waals surface area contributed by atoms with E-state index in [1.54, 1.807) is 19.3 Å². The molecule has 5 heteroatoms. The van der Waals surface area contributed by atoms with E-state index in [0.717, 1.165) is 16.7 Å². The van der Waals surface area contributed by atoms with Crippen LogP contribution in [0.5, 0.6) is 5.75 Å². The number of hydrogen-bond acceptors (Lipinski definition) is 3. The number of carboxylic acid groups (broad SMARTS) is 1. The Bertz CT molecular complexity index is 1180. The van der Waals surface area contributed by atoms with Gasteiger partial charge in [-0.2, -0.15) is 0 Å². The van der Waals surface area contributed by atoms with Gasteiger partial charge in [0.15, 0.2) is 5.78 Å². The number of ketones is 1. The molecular weight excluding hydrogens is 448 g/mol. The second-order valence-corrected chi connectivity index (χ2v) is 8.32. The lowest BCUT2D eigenvalue weighted by molar-refractivity contribution is -0.137. The van der Waals surface area contributed by atoms with Crippen LogP contribution in [0.3, 0.4) is 0 Å². The first kappa shape index (κ1) is 25.0. The third-order valence-electron chi connectivity index (χ3n) is 5.79. The standard InChI is InChI=1S/C29H27ClO4/c1-34-26-16-8-6-11-23(26)17-18-27(31)29(21-19-28(32)33,24-13-3-2-4-14-24)20-9-12-22-10-5-7-15-25(22)30/h2-18H,19-21H2,1H3,(H,32,33)/b12-9+,18-17?. The summed E-state index contributed by atoms with van der Waals surface area (Å²) in [7, 11) is 1.58. The zero-order valence-corrected chi connectivity index (χ0v) is 19.7. The van der Waals surface area contributed by atoms with E-state index in [1.165, 1.54) is 6.08 Å². The molecule has 0 aliphatic heterocycles. The highest BCUT2D eigenvalue weighted by molar-refractivity contribution is 6.32. The molecule has 0 aromatic heterocycles. The summed E-state index contributed by atoms with van der Waals surface area (Å²) in [4.78, 5) is 25.3. The van der Waals surface area contributed by atoms with Gasteiger partial charge in [0.25, 0.3) is 0 Å². The molecule has 3 aromatic carbocycles. The predicted octanol–water partition coefficient (Wildman–Crippen LogP) is 6.84. The number of aliphatic carboxylic acids is 1. The van der Waals surface area contributed by atoms with Crippen LogP contribution in [-0.4, -0.2) is 24.0 Å². The number of carbonyl (C=O) groups is 2. The summed E-state index contributed by atoms with van der Waals surface area (Å²) >= 11 is 6.28. The number of allylic oxidation sites excluding steroid dienone is 2. The maximum atomic E-state index is 13.8. The number of methoxy groups -OCH3 is 1. The van der Waals surface area contributed by atoms with E-state index in [9.17, 15) is 14.7 Å². The van der Waals surface area contributed by atoms with E-state index in [2.05, 4.69) is 0 Å². The first-order chi connectivity index (χ1) is 16.5. The molecule has 1 atom stereocenters. The molecule has 0 saturated heterocycles. The van der Waals surface area contributed by atoms with Crippen LogP contribution in [0.1, 0.15) is 36.0 Å². The Balaban J connectivity index is 2.02. The quantitative estimate of drug-likeness (QED) is 0.309. The Kier molecular flexibility index (Phi) is 8.83. The first-order valence-electron chi connectivity index (χ1n) is 11.0. The van der Waals surface area contributed by atoms with E-state index in [4.69, 9.17) is 16.3 Å². The van der Waals surface area contributed by atoms with E-state index in [0.29, 0.717) is 17.2 Å². The summed E-state index contributed by atoms with van der Waals surface area (Å²) in [6.45, 7) is 0. The van der Waals surface area contributed by atoms with E-state index >= 15 is 0 Å². The minimum Gasteiger partial charge on any atom is -0.496 e. The van der Waals surface area contributed by atoms with Crippen molar-refractivity contribution in [2.75, 3.05) is 7.11 Å². The number of rotatable bonds is 11. The number of benzene rings is 3. The smallest absolute Gasteiger partial charge is 0.303 e. The number of ether oxygens (including phenoxy) is 1. The Hall–Kier alpha value is -3.63. The summed E-state index contributed by atoms with van der Waals surface area (Å²) in [5.41, 5.74) is 1.33. The van der Waals surface area contributed by atoms with Gasteiger partial charge in [-0.1, -0.05) is 90.5 Å². The zero-order valence-electron chi connectivity index (χ0n) is 19.0. The van der Waals surface area contributed by atoms with Gasteiger partial charge in [0.05, 0.1) is 12.5 Å². The maximum Gasteiger partial charge on any atom is 0.303 e. The molecule has 3 aromatic rings. The monoisotopic (exact) mass is 474 g/mol. The fourth-order valence-corrected chi connectivity index (χ4v) is 4.13. The largest absolute Gasteiger partial charge is 0.496 e. The molecule has 0 bridgehead atoms. The molecule has 174 valence electrons. The van der Waals surface area contributed by atoms with Crippen molar-refractivity contribution >= 4 is 35.5 Å². The van der Waals surface area contributed by atoms with Crippen molar-refractivity contribution in [3.8, 4) is 5.75 Å². The van der Waals surface area contributed by atoms with E-state index < -0.39 is 11.4 Å². The van der Waals surface area contributed by atoms with Gasteiger partial charge in [0, 0.05) is 17.0 Å². The average Bonchev–Trinajstić information content (AvgIpc) is 2.86. The number of carboxylic acids is 1. The van der Waals surface area contributed by atoms with Crippen LogP contribution in [0.25, 0.3) is 12.2 Å². The van der Waals surface area contributed by atoms with Crippen LogP contribution in [0.4, 0.5) is 0 Å². The molecule has 0 aliphatic carbocycles. The summed E-state index contributed by atoms with van der Waals surface area (Å²) in [6.07, 6.45) is 7.36. The van der Waals surface area contributed by atoms with Gasteiger partial charge in [-0.3, -0.25) is 9.59 Å². The van der Waals surface area contributed by atoms with Gasteiger partial charge in [-0.15, -0.1) is 0 Å². The number of para-hydroxylation sites is 1. The Morgan fingerprint density at radius 3 is 2.24 bits per heavy atom. The predicted molar refractivity (Wildman–Crippen MR) is 137 cm³/mol. The average molecular weight is 475 g/mol. The normalized spacial score (nSPS) is 13.1. The molecule has 0 aliphatic rings. The van der Waals surface area contributed by atoms with E-state index in [1.807, 2.05) is 84.9 Å². The number of hydrogen-bond donors (Lipinski definition) is 1. The first-order valence-corrected chi connectivity index (χ1v) is 11.4. The molecule has 0 amide bonds. The fraction of sp³-hybridized carbons (Fsp3) is 0.172. The summed E-state index contributed by atoms with van der Waals surface area (Å²) < 4.78 is 5.39. The molecule has 0 fully saturated rings. The Labute approximate surface area is 205 Å². The van der Waals surface area contributed by atoms with Crippen molar-refractivity contribution in [1.82, 2.24) is 0 Å². The zero-order chi connectivity index (χ0) is 24.4. The maximum absolute atomic E-state index is 13.8. The highest BCUT2D eigenvalue weighted by Gasteiger charge is 2.37. The highest BCUT2D eigenvalue weighted by Crippen LogP contribution is 2.36. The fourth-order valence-electron chi connectivity index (χ4n) is 3.93. The Morgan fingerprint density at radius 2 is 1.56 bits per heavy atom. The molecule has 0 heterocycles. The Morgan fingerprint density at radius 1 is 0.912 bits per heavy atom. The van der Waals surface area contributed by atoms with Crippen molar-refractivity contribution in [1.29, 1.82) is 0 Å². The third kappa shape index (κ3) is 6.24. The van der Waals surface area contributed by atoms with Gasteiger partial charge < -0.3 is 9.84 Å². The SMILES string of the molecule is COc1ccccc1C=CC(=O)C(C/C=C/c1ccccc1Cl)(CCC(=O)O)c1ccccc1. The molecule has 0 spiro atoms. The molecule has 3 rings (SSSR count). The van der Waals surface area contributed by atoms with Crippen LogP contribution in [0, 0.1) is 0 Å². The molecule has 0 saturated carbocycles. The minimum atomic E-state index is -1.05. The van der Waals surface area contributed by atoms with Crippen LogP contribution in [-0.2, 0) is 15.0 Å². The second kappa shape index (κ2) is 12.0. The van der Waals surface area contributed by atoms with Crippen molar-refractivity contribution < 1.29 is 19.4 Å². The van der Waals surface area contributed by atoms with Gasteiger partial charge >= 0.3 is 5.97 Å². The molecule has 0 radical (unpaired) electrons. The third-order valence-corrected chi connectivity index (χ3v) is 6.13. The van der Waals surface area contributed by atoms with E-state index in [-0.39, 0.29) is 18.6 Å². The van der Waals surface area contributed by atoms with Gasteiger partial charge in [-0.05, 0) is 48.3 Å². The highest BCUT2D eigenvalue weighted by atomic mass is 35.5. The second-order valence-electron chi connectivity index (χ2n) is 7.91. The molecule has 1 N–H and O–H groups in total. The van der Waals surface area contributed by atoms with Crippen molar-refractivity contribution in [2.24, 2.45) is 0 Å². The van der Waals surface area contributed by atoms with Crippen molar-refractivity contribution in [2.45, 2.75) is 24.7 Å². The number of halogens is 1. The topological polar surface area (TPSA) is 63.6 Å². The summed E-state index contributed by atoms with van der Waals surface area (Å²) in [5.74, 6) is -0.465. The van der Waals surface area contributed by atoms with Crippen LogP contribution >= 0.6 is 11.6 Å². The van der Waals surface area contributed by atoms with Crippen LogP contribution < -0.4 is 4.74 Å². The molecular formula is C29H27ClO4. The molecule has 4 nitrogen and oxygen atoms in total. The lowest BCUT2D eigenvalue weighted by Gasteiger charge is -2.31. The lowest BCUT2D eigenvalue weighted by atomic mass is 9.70. The summed E-state index contributed by atoms with van der Waals surface area (Å²) in [6, 6.07) is 24.2. The van der Waals surface area contributed by atoms with Crippen molar-refractivity contribution in [3.05, 3.63) is 113 Å². The van der Waals surface area contributed by atoms with Crippen LogP contribution in [0.15, 0.2) is 91.0 Å². The van der Waals surface area contributed by atoms with Crippen molar-refractivity contribution in [3.63, 3.8) is 0 Å². The van der Waals surface area contributed by atoms with Gasteiger partial charge in [0.2, 0.25) is 0 Å². The molecule has 34 heavy (non-hydrogen) atoms. The minimum absolute atomic E-state index is 0.136. The van der Waals surface area contributed by atoms with Gasteiger partial charge in [-0.25, -0.2) is 0 Å². The van der Waals surface area contributed by atoms with Gasteiger partial charge in [0.1, 0.15) is 5.75 Å². The van der Waals surface area contributed by atoms with Crippen LogP contribution in [0.2, 0.25) is 5.02 Å². The number of carbonyl (C=O) groups excluding carboxylic acids is 1.